The third-order valence-electron chi connectivity index (χ3n) is 2.31. The number of carbonyl (C=O) groups is 1. The normalized spacial score (nSPS) is 10.8. The SMILES string of the molecule is CSc1cc(C(N)=O)c2c(N)nc(SC)nc2n1. The molecule has 0 aromatic carbocycles. The van der Waals surface area contributed by atoms with Crippen LogP contribution < -0.4 is 11.5 Å². The number of hydrogen-bond acceptors (Lipinski definition) is 7. The first-order valence-electron chi connectivity index (χ1n) is 4.93. The van der Waals surface area contributed by atoms with Crippen LogP contribution in [0.25, 0.3) is 11.0 Å². The topological polar surface area (TPSA) is 108 Å². The molecule has 0 aliphatic carbocycles. The first kappa shape index (κ1) is 12.9. The summed E-state index contributed by atoms with van der Waals surface area (Å²) in [5.74, 6) is -0.344. The maximum atomic E-state index is 11.5. The highest BCUT2D eigenvalue weighted by Gasteiger charge is 2.15. The molecule has 2 rings (SSSR count). The lowest BCUT2D eigenvalue weighted by molar-refractivity contribution is 0.100. The van der Waals surface area contributed by atoms with Gasteiger partial charge in [-0.1, -0.05) is 11.8 Å². The molecule has 0 radical (unpaired) electrons. The predicted molar refractivity (Wildman–Crippen MR) is 73.8 cm³/mol. The van der Waals surface area contributed by atoms with Gasteiger partial charge in [-0.3, -0.25) is 4.79 Å². The third kappa shape index (κ3) is 2.21. The molecule has 0 fully saturated rings. The van der Waals surface area contributed by atoms with Gasteiger partial charge in [-0.25, -0.2) is 15.0 Å². The fourth-order valence-electron chi connectivity index (χ4n) is 1.51. The molecule has 4 N–H and O–H groups in total. The van der Waals surface area contributed by atoms with Gasteiger partial charge in [0.1, 0.15) is 5.82 Å². The number of rotatable bonds is 3. The monoisotopic (exact) mass is 281 g/mol. The van der Waals surface area contributed by atoms with Gasteiger partial charge >= 0.3 is 0 Å². The largest absolute Gasteiger partial charge is 0.383 e. The summed E-state index contributed by atoms with van der Waals surface area (Å²) >= 11 is 2.77. The summed E-state index contributed by atoms with van der Waals surface area (Å²) in [7, 11) is 0. The first-order chi connectivity index (χ1) is 8.56. The number of anilines is 1. The summed E-state index contributed by atoms with van der Waals surface area (Å²) < 4.78 is 0. The van der Waals surface area contributed by atoms with Gasteiger partial charge in [-0.05, 0) is 18.6 Å². The lowest BCUT2D eigenvalue weighted by Gasteiger charge is -2.08. The van der Waals surface area contributed by atoms with E-state index in [1.165, 1.54) is 23.5 Å². The van der Waals surface area contributed by atoms with Gasteiger partial charge < -0.3 is 11.5 Å². The molecule has 0 atom stereocenters. The fraction of sp³-hybridized carbons (Fsp3) is 0.200. The zero-order valence-corrected chi connectivity index (χ0v) is 11.4. The fourth-order valence-corrected chi connectivity index (χ4v) is 2.29. The van der Waals surface area contributed by atoms with Crippen molar-refractivity contribution in [2.24, 2.45) is 5.73 Å². The lowest BCUT2D eigenvalue weighted by Crippen LogP contribution is -2.14. The second kappa shape index (κ2) is 4.99. The highest BCUT2D eigenvalue weighted by Crippen LogP contribution is 2.26. The third-order valence-corrected chi connectivity index (χ3v) is 3.48. The van der Waals surface area contributed by atoms with Gasteiger partial charge in [0.15, 0.2) is 10.8 Å². The maximum absolute atomic E-state index is 11.5. The first-order valence-corrected chi connectivity index (χ1v) is 7.37. The molecule has 2 heterocycles. The number of pyridine rings is 1. The van der Waals surface area contributed by atoms with Crippen molar-refractivity contribution in [3.8, 4) is 0 Å². The second-order valence-electron chi connectivity index (χ2n) is 3.37. The van der Waals surface area contributed by atoms with Crippen molar-refractivity contribution >= 4 is 46.3 Å². The van der Waals surface area contributed by atoms with Crippen molar-refractivity contribution in [1.82, 2.24) is 15.0 Å². The Hall–Kier alpha value is -1.54. The van der Waals surface area contributed by atoms with Crippen LogP contribution in [-0.4, -0.2) is 33.4 Å². The average molecular weight is 281 g/mol. The molecule has 0 spiro atoms. The van der Waals surface area contributed by atoms with Gasteiger partial charge in [0.2, 0.25) is 5.91 Å². The van der Waals surface area contributed by atoms with Crippen molar-refractivity contribution in [2.75, 3.05) is 18.2 Å². The Morgan fingerprint density at radius 1 is 1.22 bits per heavy atom. The molecule has 0 aliphatic heterocycles. The standard InChI is InChI=1S/C10H11N5OS2/c1-17-5-3-4(8(12)16)6-7(11)14-10(18-2)15-9(6)13-5/h3H,1-2H3,(H2,12,16)(H2,11,13,14,15). The van der Waals surface area contributed by atoms with E-state index in [9.17, 15) is 4.79 Å². The Bertz CT molecular complexity index is 626. The zero-order valence-electron chi connectivity index (χ0n) is 9.80. The molecule has 2 aromatic rings. The summed E-state index contributed by atoms with van der Waals surface area (Å²) in [5, 5.41) is 1.60. The number of nitrogen functional groups attached to an aromatic ring is 1. The number of primary amides is 1. The van der Waals surface area contributed by atoms with Crippen molar-refractivity contribution < 1.29 is 4.79 Å². The van der Waals surface area contributed by atoms with Crippen LogP contribution in [-0.2, 0) is 0 Å². The van der Waals surface area contributed by atoms with E-state index in [1.54, 1.807) is 6.07 Å². The predicted octanol–water partition coefficient (Wildman–Crippen LogP) is 1.15. The second-order valence-corrected chi connectivity index (χ2v) is 4.97. The number of nitrogens with two attached hydrogens (primary N) is 2. The van der Waals surface area contributed by atoms with E-state index in [4.69, 9.17) is 11.5 Å². The molecule has 1 amide bonds. The zero-order chi connectivity index (χ0) is 13.3. The van der Waals surface area contributed by atoms with Crippen molar-refractivity contribution in [3.05, 3.63) is 11.6 Å². The molecule has 0 aliphatic rings. The van der Waals surface area contributed by atoms with Crippen LogP contribution in [0.5, 0.6) is 0 Å². The molecule has 6 nitrogen and oxygen atoms in total. The number of hydrogen-bond donors (Lipinski definition) is 2. The Morgan fingerprint density at radius 3 is 2.50 bits per heavy atom. The van der Waals surface area contributed by atoms with Crippen LogP contribution in [0.4, 0.5) is 5.82 Å². The Morgan fingerprint density at radius 2 is 1.94 bits per heavy atom. The number of fused-ring (bicyclic) bond motifs is 1. The Kier molecular flexibility index (Phi) is 3.58. The molecule has 0 bridgehead atoms. The molecule has 0 saturated carbocycles. The molecule has 18 heavy (non-hydrogen) atoms. The maximum Gasteiger partial charge on any atom is 0.249 e. The van der Waals surface area contributed by atoms with Crippen LogP contribution >= 0.6 is 23.5 Å². The van der Waals surface area contributed by atoms with Gasteiger partial charge in [-0.2, -0.15) is 0 Å². The summed E-state index contributed by atoms with van der Waals surface area (Å²) in [6, 6.07) is 1.60. The average Bonchev–Trinajstić information content (AvgIpc) is 2.36. The van der Waals surface area contributed by atoms with E-state index in [0.29, 0.717) is 26.8 Å². The van der Waals surface area contributed by atoms with Crippen LogP contribution in [0.2, 0.25) is 0 Å². The van der Waals surface area contributed by atoms with E-state index in [2.05, 4.69) is 15.0 Å². The van der Waals surface area contributed by atoms with E-state index in [1.807, 2.05) is 12.5 Å². The van der Waals surface area contributed by atoms with E-state index >= 15 is 0 Å². The summed E-state index contributed by atoms with van der Waals surface area (Å²) in [6.45, 7) is 0. The molecule has 0 unspecified atom stereocenters. The number of nitrogens with zero attached hydrogens (tertiary/aromatic N) is 3. The number of amides is 1. The highest BCUT2D eigenvalue weighted by molar-refractivity contribution is 7.98. The van der Waals surface area contributed by atoms with Crippen LogP contribution in [0, 0.1) is 0 Å². The molecule has 8 heteroatoms. The molecule has 94 valence electrons. The molecular formula is C10H11N5OS2. The lowest BCUT2D eigenvalue weighted by atomic mass is 10.1. The minimum Gasteiger partial charge on any atom is -0.383 e. The molecular weight excluding hydrogens is 270 g/mol. The van der Waals surface area contributed by atoms with Gasteiger partial charge in [0, 0.05) is 0 Å². The summed E-state index contributed by atoms with van der Waals surface area (Å²) in [6.07, 6.45) is 3.70. The highest BCUT2D eigenvalue weighted by atomic mass is 32.2. The number of aromatic nitrogens is 3. The Labute approximate surface area is 112 Å². The minimum absolute atomic E-state index is 0.221. The van der Waals surface area contributed by atoms with Crippen LogP contribution in [0.1, 0.15) is 10.4 Å². The van der Waals surface area contributed by atoms with Gasteiger partial charge in [0.25, 0.3) is 0 Å². The van der Waals surface area contributed by atoms with Crippen molar-refractivity contribution in [3.63, 3.8) is 0 Å². The summed E-state index contributed by atoms with van der Waals surface area (Å²) in [4.78, 5) is 24.1. The van der Waals surface area contributed by atoms with E-state index in [-0.39, 0.29) is 5.82 Å². The smallest absolute Gasteiger partial charge is 0.249 e. The molecule has 2 aromatic heterocycles. The number of carbonyl (C=O) groups excluding carboxylic acids is 1. The Balaban J connectivity index is 2.86. The van der Waals surface area contributed by atoms with E-state index in [0.717, 1.165) is 0 Å². The summed E-state index contributed by atoms with van der Waals surface area (Å²) in [5.41, 5.74) is 11.9. The van der Waals surface area contributed by atoms with Crippen molar-refractivity contribution in [1.29, 1.82) is 0 Å². The minimum atomic E-state index is -0.565. The van der Waals surface area contributed by atoms with Crippen LogP contribution in [0.3, 0.4) is 0 Å². The molecule has 0 saturated heterocycles. The van der Waals surface area contributed by atoms with Gasteiger partial charge in [-0.15, -0.1) is 11.8 Å². The van der Waals surface area contributed by atoms with Crippen molar-refractivity contribution in [2.45, 2.75) is 10.2 Å². The quantitative estimate of drug-likeness (QED) is 0.641. The van der Waals surface area contributed by atoms with Crippen LogP contribution in [0.15, 0.2) is 16.2 Å². The van der Waals surface area contributed by atoms with Gasteiger partial charge in [0.05, 0.1) is 16.0 Å². The number of thioether (sulfide) groups is 2. The van der Waals surface area contributed by atoms with E-state index < -0.39 is 5.91 Å².